The first-order chi connectivity index (χ1) is 11.5. The van der Waals surface area contributed by atoms with Gasteiger partial charge in [0.05, 0.1) is 26.8 Å². The second-order valence-electron chi connectivity index (χ2n) is 6.65. The molecule has 1 heterocycles. The normalized spacial score (nSPS) is 12.7. The highest BCUT2D eigenvalue weighted by Crippen LogP contribution is 2.42. The number of halogens is 5. The van der Waals surface area contributed by atoms with E-state index in [1.807, 2.05) is 13.8 Å². The van der Waals surface area contributed by atoms with Crippen LogP contribution in [0.3, 0.4) is 0 Å². The van der Waals surface area contributed by atoms with Gasteiger partial charge in [0.1, 0.15) is 0 Å². The molecule has 2 rings (SSSR count). The molecule has 0 aliphatic rings. The van der Waals surface area contributed by atoms with E-state index in [1.165, 1.54) is 13.8 Å². The van der Waals surface area contributed by atoms with E-state index >= 15 is 0 Å². The average molecular weight is 393 g/mol. The van der Waals surface area contributed by atoms with Crippen molar-refractivity contribution in [1.29, 1.82) is 0 Å². The first-order valence-electron chi connectivity index (χ1n) is 8.12. The Morgan fingerprint density at radius 2 is 1.76 bits per heavy atom. The summed E-state index contributed by atoms with van der Waals surface area (Å²) in [5.41, 5.74) is 0.861. The molecule has 0 N–H and O–H groups in total. The van der Waals surface area contributed by atoms with Gasteiger partial charge in [0.15, 0.2) is 0 Å². The molecule has 0 amide bonds. The standard InChI is InChI=1S/C18H21Cl2F3N2/c1-5-14-15(20)16(25(6-2)24-14)12-8-7-11(9-13(12)19)10-17(3,4)18(21,22)23/h7-9H,5-6,10H2,1-4H3. The summed E-state index contributed by atoms with van der Waals surface area (Å²) >= 11 is 12.8. The van der Waals surface area contributed by atoms with E-state index in [-0.39, 0.29) is 6.42 Å². The molecule has 1 aromatic carbocycles. The zero-order valence-electron chi connectivity index (χ0n) is 14.6. The topological polar surface area (TPSA) is 17.8 Å². The molecule has 0 fully saturated rings. The van der Waals surface area contributed by atoms with E-state index in [4.69, 9.17) is 23.2 Å². The monoisotopic (exact) mass is 392 g/mol. The Balaban J connectivity index is 2.43. The van der Waals surface area contributed by atoms with Gasteiger partial charge in [0.2, 0.25) is 0 Å². The molecule has 0 atom stereocenters. The molecule has 0 aliphatic carbocycles. The van der Waals surface area contributed by atoms with Gasteiger partial charge in [-0.3, -0.25) is 4.68 Å². The van der Waals surface area contributed by atoms with Gasteiger partial charge in [0.25, 0.3) is 0 Å². The number of nitrogens with zero attached hydrogens (tertiary/aromatic N) is 2. The molecule has 2 nitrogen and oxygen atoms in total. The minimum atomic E-state index is -4.28. The Morgan fingerprint density at radius 3 is 2.24 bits per heavy atom. The molecule has 0 radical (unpaired) electrons. The maximum Gasteiger partial charge on any atom is 0.394 e. The van der Waals surface area contributed by atoms with Crippen molar-refractivity contribution >= 4 is 23.2 Å². The third-order valence-electron chi connectivity index (χ3n) is 4.30. The summed E-state index contributed by atoms with van der Waals surface area (Å²) < 4.78 is 41.1. The Morgan fingerprint density at radius 1 is 1.12 bits per heavy atom. The van der Waals surface area contributed by atoms with Crippen molar-refractivity contribution in [2.45, 2.75) is 53.3 Å². The minimum absolute atomic E-state index is 0.141. The number of benzene rings is 1. The van der Waals surface area contributed by atoms with Gasteiger partial charge in [-0.1, -0.05) is 56.1 Å². The molecular weight excluding hydrogens is 372 g/mol. The van der Waals surface area contributed by atoms with E-state index in [1.54, 1.807) is 22.9 Å². The van der Waals surface area contributed by atoms with E-state index < -0.39 is 11.6 Å². The van der Waals surface area contributed by atoms with Crippen molar-refractivity contribution in [3.63, 3.8) is 0 Å². The highest BCUT2D eigenvalue weighted by atomic mass is 35.5. The summed E-state index contributed by atoms with van der Waals surface area (Å²) in [7, 11) is 0. The fourth-order valence-corrected chi connectivity index (χ4v) is 3.34. The summed E-state index contributed by atoms with van der Waals surface area (Å²) in [6.07, 6.45) is -3.73. The number of rotatable bonds is 5. The molecule has 0 saturated heterocycles. The third-order valence-corrected chi connectivity index (χ3v) is 5.01. The second-order valence-corrected chi connectivity index (χ2v) is 7.44. The minimum Gasteiger partial charge on any atom is -0.263 e. The number of aromatic nitrogens is 2. The van der Waals surface area contributed by atoms with Gasteiger partial charge in [0, 0.05) is 12.1 Å². The molecule has 2 aromatic rings. The summed E-state index contributed by atoms with van der Waals surface area (Å²) in [6.45, 7) is 6.90. The quantitative estimate of drug-likeness (QED) is 0.562. The lowest BCUT2D eigenvalue weighted by Crippen LogP contribution is -2.34. The fourth-order valence-electron chi connectivity index (χ4n) is 2.67. The van der Waals surface area contributed by atoms with E-state index in [0.717, 1.165) is 5.69 Å². The van der Waals surface area contributed by atoms with Gasteiger partial charge < -0.3 is 0 Å². The van der Waals surface area contributed by atoms with Crippen LogP contribution in [0.15, 0.2) is 18.2 Å². The second kappa shape index (κ2) is 7.20. The van der Waals surface area contributed by atoms with Crippen LogP contribution in [0.25, 0.3) is 11.3 Å². The molecular formula is C18H21Cl2F3N2. The van der Waals surface area contributed by atoms with Crippen molar-refractivity contribution in [3.05, 3.63) is 39.5 Å². The largest absolute Gasteiger partial charge is 0.394 e. The summed E-state index contributed by atoms with van der Waals surface area (Å²) in [5.74, 6) is 0. The summed E-state index contributed by atoms with van der Waals surface area (Å²) in [4.78, 5) is 0. The van der Waals surface area contributed by atoms with Crippen LogP contribution in [0.1, 0.15) is 39.0 Å². The number of hydrogen-bond donors (Lipinski definition) is 0. The van der Waals surface area contributed by atoms with Crippen LogP contribution in [0.2, 0.25) is 10.0 Å². The summed E-state index contributed by atoms with van der Waals surface area (Å²) in [6, 6.07) is 4.97. The zero-order chi connectivity index (χ0) is 19.0. The molecule has 7 heteroatoms. The molecule has 0 spiro atoms. The predicted octanol–water partition coefficient (Wildman–Crippen LogP) is 6.57. The molecule has 25 heavy (non-hydrogen) atoms. The first kappa shape index (κ1) is 20.1. The smallest absolute Gasteiger partial charge is 0.263 e. The lowest BCUT2D eigenvalue weighted by molar-refractivity contribution is -0.211. The van der Waals surface area contributed by atoms with Crippen LogP contribution in [0, 0.1) is 5.41 Å². The molecule has 0 saturated carbocycles. The number of hydrogen-bond acceptors (Lipinski definition) is 1. The van der Waals surface area contributed by atoms with Crippen molar-refractivity contribution in [2.24, 2.45) is 5.41 Å². The van der Waals surface area contributed by atoms with Crippen molar-refractivity contribution in [3.8, 4) is 11.3 Å². The Bertz CT molecular complexity index is 764. The van der Waals surface area contributed by atoms with Gasteiger partial charge in [-0.05, 0) is 31.4 Å². The third kappa shape index (κ3) is 3.98. The van der Waals surface area contributed by atoms with Crippen LogP contribution in [0.5, 0.6) is 0 Å². The van der Waals surface area contributed by atoms with Crippen LogP contribution < -0.4 is 0 Å². The lowest BCUT2D eigenvalue weighted by atomic mass is 9.85. The zero-order valence-corrected chi connectivity index (χ0v) is 16.1. The van der Waals surface area contributed by atoms with Crippen LogP contribution >= 0.6 is 23.2 Å². The van der Waals surface area contributed by atoms with Crippen molar-refractivity contribution in [1.82, 2.24) is 9.78 Å². The van der Waals surface area contributed by atoms with Gasteiger partial charge >= 0.3 is 6.18 Å². The van der Waals surface area contributed by atoms with E-state index in [0.29, 0.717) is 39.8 Å². The predicted molar refractivity (Wildman–Crippen MR) is 96.3 cm³/mol. The van der Waals surface area contributed by atoms with E-state index in [2.05, 4.69) is 5.10 Å². The van der Waals surface area contributed by atoms with Crippen molar-refractivity contribution < 1.29 is 13.2 Å². The van der Waals surface area contributed by atoms with Crippen molar-refractivity contribution in [2.75, 3.05) is 0 Å². The van der Waals surface area contributed by atoms with Gasteiger partial charge in [-0.2, -0.15) is 18.3 Å². The maximum absolute atomic E-state index is 13.1. The fraction of sp³-hybridized carbons (Fsp3) is 0.500. The van der Waals surface area contributed by atoms with Crippen LogP contribution in [-0.4, -0.2) is 16.0 Å². The lowest BCUT2D eigenvalue weighted by Gasteiger charge is -2.27. The summed E-state index contributed by atoms with van der Waals surface area (Å²) in [5, 5.41) is 5.36. The van der Waals surface area contributed by atoms with Gasteiger partial charge in [-0.15, -0.1) is 0 Å². The highest BCUT2D eigenvalue weighted by molar-refractivity contribution is 6.36. The molecule has 0 bridgehead atoms. The SMILES string of the molecule is CCc1nn(CC)c(-c2ccc(CC(C)(C)C(F)(F)F)cc2Cl)c1Cl. The number of aryl methyl sites for hydroxylation is 2. The number of alkyl halides is 3. The molecule has 0 unspecified atom stereocenters. The molecule has 138 valence electrons. The van der Waals surface area contributed by atoms with Crippen LogP contribution in [0.4, 0.5) is 13.2 Å². The molecule has 0 aliphatic heterocycles. The maximum atomic E-state index is 13.1. The average Bonchev–Trinajstić information content (AvgIpc) is 2.82. The Kier molecular flexibility index (Phi) is 5.79. The highest BCUT2D eigenvalue weighted by Gasteiger charge is 2.47. The molecule has 1 aromatic heterocycles. The first-order valence-corrected chi connectivity index (χ1v) is 8.88. The van der Waals surface area contributed by atoms with E-state index in [9.17, 15) is 13.2 Å². The Labute approximate surface area is 155 Å². The van der Waals surface area contributed by atoms with Gasteiger partial charge in [-0.25, -0.2) is 0 Å². The van der Waals surface area contributed by atoms with Crippen LogP contribution in [-0.2, 0) is 19.4 Å². The Hall–Kier alpha value is -1.20.